The van der Waals surface area contributed by atoms with Crippen molar-refractivity contribution >= 4 is 39.9 Å². The highest BCUT2D eigenvalue weighted by atomic mass is 35.5. The number of ether oxygens (including phenoxy) is 3. The van der Waals surface area contributed by atoms with Crippen LogP contribution in [0, 0.1) is 5.92 Å². The Morgan fingerprint density at radius 2 is 2.11 bits per heavy atom. The number of benzene rings is 1. The Labute approximate surface area is 217 Å². The highest BCUT2D eigenvalue weighted by Crippen LogP contribution is 2.51. The molecule has 2 fully saturated rings. The number of para-hydroxylation sites is 1. The van der Waals surface area contributed by atoms with Crippen LogP contribution in [0.15, 0.2) is 42.6 Å². The second-order valence-corrected chi connectivity index (χ2v) is 10.0. The Kier molecular flexibility index (Phi) is 5.23. The molecule has 2 atom stereocenters. The average molecular weight is 518 g/mol. The Morgan fingerprint density at radius 3 is 2.92 bits per heavy atom. The number of aromatic amines is 1. The fourth-order valence-electron chi connectivity index (χ4n) is 5.10. The maximum Gasteiger partial charge on any atom is 0.255 e. The molecule has 7 rings (SSSR count). The first-order chi connectivity index (χ1) is 18.1. The summed E-state index contributed by atoms with van der Waals surface area (Å²) in [7, 11) is 1.57. The van der Waals surface area contributed by atoms with E-state index in [1.54, 1.807) is 19.4 Å². The number of hydrogen-bond acceptors (Lipinski definition) is 7. The Bertz CT molecular complexity index is 1550. The molecule has 37 heavy (non-hydrogen) atoms. The van der Waals surface area contributed by atoms with E-state index in [0.29, 0.717) is 64.8 Å². The smallest absolute Gasteiger partial charge is 0.255 e. The van der Waals surface area contributed by atoms with E-state index in [4.69, 9.17) is 30.8 Å². The number of aromatic nitrogens is 3. The maximum absolute atomic E-state index is 13.2. The third kappa shape index (κ3) is 3.77. The van der Waals surface area contributed by atoms with Gasteiger partial charge in [0.15, 0.2) is 5.75 Å². The zero-order valence-corrected chi connectivity index (χ0v) is 20.8. The number of amides is 1. The van der Waals surface area contributed by atoms with Crippen molar-refractivity contribution in [2.75, 3.05) is 32.2 Å². The lowest BCUT2D eigenvalue weighted by atomic mass is 10.0. The van der Waals surface area contributed by atoms with E-state index in [2.05, 4.69) is 20.6 Å². The van der Waals surface area contributed by atoms with Crippen LogP contribution in [0.25, 0.3) is 22.3 Å². The summed E-state index contributed by atoms with van der Waals surface area (Å²) in [5, 5.41) is 7.03. The van der Waals surface area contributed by atoms with Crippen molar-refractivity contribution in [3.05, 3.63) is 58.9 Å². The van der Waals surface area contributed by atoms with Gasteiger partial charge >= 0.3 is 0 Å². The van der Waals surface area contributed by atoms with Crippen molar-refractivity contribution in [3.8, 4) is 22.9 Å². The molecule has 1 aliphatic carbocycles. The summed E-state index contributed by atoms with van der Waals surface area (Å²) in [6.45, 7) is 1.97. The van der Waals surface area contributed by atoms with Crippen LogP contribution < -0.4 is 20.1 Å². The number of methoxy groups -OCH3 is 1. The van der Waals surface area contributed by atoms with Gasteiger partial charge in [0.25, 0.3) is 5.91 Å². The van der Waals surface area contributed by atoms with Crippen molar-refractivity contribution in [3.63, 3.8) is 0 Å². The van der Waals surface area contributed by atoms with Gasteiger partial charge in [0, 0.05) is 41.4 Å². The molecule has 2 unspecified atom stereocenters. The van der Waals surface area contributed by atoms with Gasteiger partial charge in [-0.15, -0.1) is 0 Å². The minimum Gasteiger partial charge on any atom is -0.493 e. The van der Waals surface area contributed by atoms with Crippen LogP contribution in [0.2, 0.25) is 5.02 Å². The van der Waals surface area contributed by atoms with Gasteiger partial charge in [-0.25, -0.2) is 4.98 Å². The predicted molar refractivity (Wildman–Crippen MR) is 139 cm³/mol. The summed E-state index contributed by atoms with van der Waals surface area (Å²) in [4.78, 5) is 26.1. The van der Waals surface area contributed by atoms with Crippen LogP contribution in [0.4, 0.5) is 11.4 Å². The molecular weight excluding hydrogens is 494 g/mol. The number of halogens is 1. The van der Waals surface area contributed by atoms with Crippen molar-refractivity contribution in [2.45, 2.75) is 18.4 Å². The fourth-order valence-corrected chi connectivity index (χ4v) is 5.35. The molecule has 0 radical (unpaired) electrons. The largest absolute Gasteiger partial charge is 0.493 e. The number of rotatable bonds is 7. The number of anilines is 2. The van der Waals surface area contributed by atoms with E-state index in [-0.39, 0.29) is 17.9 Å². The Hall–Kier alpha value is -3.82. The SMILES string of the molecule is COc1c(Cl)cccc1Nc1c(-c2ccnc3ccc(OCC4COC4)nc23)[nH]c2c1C(=O)NC1CC21. The summed E-state index contributed by atoms with van der Waals surface area (Å²) in [5.74, 6) is 1.55. The number of carbonyl (C=O) groups excluding carboxylic acids is 1. The van der Waals surface area contributed by atoms with Gasteiger partial charge in [0.2, 0.25) is 5.88 Å². The van der Waals surface area contributed by atoms with Crippen molar-refractivity contribution in [1.82, 2.24) is 20.3 Å². The highest BCUT2D eigenvalue weighted by molar-refractivity contribution is 6.32. The molecule has 9 nitrogen and oxygen atoms in total. The summed E-state index contributed by atoms with van der Waals surface area (Å²) >= 11 is 6.40. The lowest BCUT2D eigenvalue weighted by Gasteiger charge is -2.25. The van der Waals surface area contributed by atoms with Crippen LogP contribution in [0.5, 0.6) is 11.6 Å². The first kappa shape index (κ1) is 22.4. The minimum atomic E-state index is -0.113. The zero-order valence-electron chi connectivity index (χ0n) is 20.0. The molecule has 3 aromatic heterocycles. The number of carbonyl (C=O) groups is 1. The summed E-state index contributed by atoms with van der Waals surface area (Å²) in [6.07, 6.45) is 2.66. The quantitative estimate of drug-likeness (QED) is 0.327. The fraction of sp³-hybridized carbons (Fsp3) is 0.296. The molecular formula is C27H24ClN5O4. The third-order valence-corrected chi connectivity index (χ3v) is 7.46. The first-order valence-corrected chi connectivity index (χ1v) is 12.6. The van der Waals surface area contributed by atoms with Gasteiger partial charge in [-0.3, -0.25) is 9.78 Å². The number of hydrogen-bond donors (Lipinski definition) is 3. The molecule has 0 spiro atoms. The molecule has 3 N–H and O–H groups in total. The van der Waals surface area contributed by atoms with Crippen molar-refractivity contribution in [1.29, 1.82) is 0 Å². The zero-order chi connectivity index (χ0) is 25.1. The van der Waals surface area contributed by atoms with Crippen LogP contribution in [0.1, 0.15) is 28.4 Å². The van der Waals surface area contributed by atoms with Crippen molar-refractivity contribution in [2.24, 2.45) is 5.92 Å². The molecule has 3 aliphatic rings. The number of H-pyrrole nitrogens is 1. The minimum absolute atomic E-state index is 0.113. The first-order valence-electron chi connectivity index (χ1n) is 12.2. The number of fused-ring (bicyclic) bond motifs is 4. The summed E-state index contributed by atoms with van der Waals surface area (Å²) in [5.41, 5.74) is 5.78. The van der Waals surface area contributed by atoms with E-state index in [1.165, 1.54) is 0 Å². The number of pyridine rings is 2. The normalized spacial score (nSPS) is 20.0. The molecule has 2 aliphatic heterocycles. The average Bonchev–Trinajstić information content (AvgIpc) is 3.55. The van der Waals surface area contributed by atoms with E-state index >= 15 is 0 Å². The van der Waals surface area contributed by atoms with Crippen LogP contribution >= 0.6 is 11.6 Å². The second kappa shape index (κ2) is 8.64. The predicted octanol–water partition coefficient (Wildman–Crippen LogP) is 4.66. The molecule has 0 bridgehead atoms. The van der Waals surface area contributed by atoms with E-state index < -0.39 is 0 Å². The topological polar surface area (TPSA) is 110 Å². The Balaban J connectivity index is 1.37. The summed E-state index contributed by atoms with van der Waals surface area (Å²) < 4.78 is 16.8. The van der Waals surface area contributed by atoms with Crippen LogP contribution in [0.3, 0.4) is 0 Å². The van der Waals surface area contributed by atoms with Crippen LogP contribution in [-0.4, -0.2) is 53.8 Å². The Morgan fingerprint density at radius 1 is 1.22 bits per heavy atom. The molecule has 188 valence electrons. The molecule has 1 aromatic carbocycles. The van der Waals surface area contributed by atoms with Gasteiger partial charge in [-0.1, -0.05) is 17.7 Å². The maximum atomic E-state index is 13.2. The summed E-state index contributed by atoms with van der Waals surface area (Å²) in [6, 6.07) is 11.3. The lowest BCUT2D eigenvalue weighted by Crippen LogP contribution is -2.32. The molecule has 1 saturated carbocycles. The lowest BCUT2D eigenvalue weighted by molar-refractivity contribution is -0.0513. The van der Waals surface area contributed by atoms with E-state index in [0.717, 1.165) is 28.9 Å². The van der Waals surface area contributed by atoms with E-state index in [1.807, 2.05) is 30.3 Å². The van der Waals surface area contributed by atoms with Gasteiger partial charge < -0.3 is 29.8 Å². The second-order valence-electron chi connectivity index (χ2n) is 9.62. The van der Waals surface area contributed by atoms with Crippen molar-refractivity contribution < 1.29 is 19.0 Å². The van der Waals surface area contributed by atoms with Gasteiger partial charge in [-0.2, -0.15) is 0 Å². The van der Waals surface area contributed by atoms with Crippen LogP contribution in [-0.2, 0) is 4.74 Å². The monoisotopic (exact) mass is 517 g/mol. The molecule has 4 aromatic rings. The number of nitrogens with zero attached hydrogens (tertiary/aromatic N) is 2. The molecule has 1 amide bonds. The number of nitrogens with one attached hydrogen (secondary N) is 3. The third-order valence-electron chi connectivity index (χ3n) is 7.17. The molecule has 5 heterocycles. The highest BCUT2D eigenvalue weighted by Gasteiger charge is 2.48. The van der Waals surface area contributed by atoms with Gasteiger partial charge in [0.1, 0.15) is 5.52 Å². The van der Waals surface area contributed by atoms with E-state index in [9.17, 15) is 4.79 Å². The molecule has 1 saturated heterocycles. The van der Waals surface area contributed by atoms with Gasteiger partial charge in [-0.05, 0) is 30.7 Å². The standard InChI is InChI=1S/C27H24ClN5O4/c1-35-26-16(28)3-2-4-18(26)30-25-21-23(15-9-19(15)31-27(21)34)33-24(25)14-7-8-29-17-5-6-20(32-22(14)17)37-12-13-10-36-11-13/h2-8,13,15,19,30,33H,9-12H2,1H3,(H,31,34). The van der Waals surface area contributed by atoms with Gasteiger partial charge in [0.05, 0.1) is 60.1 Å². The molecule has 10 heteroatoms.